The molecule has 7 rings (SSSR count). The lowest BCUT2D eigenvalue weighted by atomic mass is 10.0. The number of thiophene rings is 4. The van der Waals surface area contributed by atoms with Gasteiger partial charge in [-0.05, 0) is 76.9 Å². The number of nitrogens with two attached hydrogens (primary N) is 1. The number of hydrogen-bond acceptors (Lipinski definition) is 7. The van der Waals surface area contributed by atoms with Gasteiger partial charge in [0.05, 0.1) is 26.8 Å². The highest BCUT2D eigenvalue weighted by atomic mass is 35.5. The number of aryl methyl sites for hydroxylation is 4. The number of rotatable bonds is 5. The van der Waals surface area contributed by atoms with Crippen LogP contribution in [-0.2, 0) is 4.74 Å². The van der Waals surface area contributed by atoms with Crippen molar-refractivity contribution < 1.29 is 4.74 Å². The van der Waals surface area contributed by atoms with E-state index in [4.69, 9.17) is 15.5 Å². The Labute approximate surface area is 301 Å². The molecule has 1 aliphatic heterocycles. The van der Waals surface area contributed by atoms with E-state index in [9.17, 15) is 0 Å². The van der Waals surface area contributed by atoms with Crippen LogP contribution in [0.5, 0.6) is 0 Å². The van der Waals surface area contributed by atoms with Gasteiger partial charge in [0.1, 0.15) is 0 Å². The number of aliphatic imine (C=N–C) groups is 1. The highest BCUT2D eigenvalue weighted by molar-refractivity contribution is 7.23. The van der Waals surface area contributed by atoms with E-state index >= 15 is 0 Å². The predicted molar refractivity (Wildman–Crippen MR) is 211 cm³/mol. The Morgan fingerprint density at radius 1 is 0.587 bits per heavy atom. The minimum Gasteiger partial charge on any atom is -0.398 e. The second kappa shape index (κ2) is 18.6. The molecule has 0 bridgehead atoms. The number of benzene rings is 2. The lowest BCUT2D eigenvalue weighted by Gasteiger charge is -2.08. The number of anilines is 1. The summed E-state index contributed by atoms with van der Waals surface area (Å²) in [7, 11) is 0. The van der Waals surface area contributed by atoms with E-state index in [0.29, 0.717) is 0 Å². The summed E-state index contributed by atoms with van der Waals surface area (Å²) in [6.07, 6.45) is 2.56. The maximum Gasteiger partial charge on any atom is 0.0834 e. The van der Waals surface area contributed by atoms with Gasteiger partial charge < -0.3 is 10.5 Å². The first-order chi connectivity index (χ1) is 21.4. The van der Waals surface area contributed by atoms with E-state index in [1.165, 1.54) is 51.9 Å². The molecule has 2 N–H and O–H groups in total. The topological polar surface area (TPSA) is 47.6 Å². The first kappa shape index (κ1) is 37.7. The highest BCUT2D eigenvalue weighted by Crippen LogP contribution is 2.42. The number of nitrogen functional groups attached to an aromatic ring is 1. The average molecular weight is 728 g/mol. The molecule has 1 aliphatic rings. The van der Waals surface area contributed by atoms with Crippen molar-refractivity contribution in [1.29, 1.82) is 0 Å². The molecule has 3 nitrogen and oxygen atoms in total. The summed E-state index contributed by atoms with van der Waals surface area (Å²) in [6, 6.07) is 33.7. The van der Waals surface area contributed by atoms with E-state index in [0.717, 1.165) is 41.4 Å². The maximum atomic E-state index is 5.90. The van der Waals surface area contributed by atoms with Crippen LogP contribution in [0, 0.1) is 27.7 Å². The van der Waals surface area contributed by atoms with Crippen molar-refractivity contribution in [3.8, 4) is 19.5 Å². The van der Waals surface area contributed by atoms with Crippen LogP contribution in [0.3, 0.4) is 0 Å². The molecular weight excluding hydrogens is 688 g/mol. The second-order valence-electron chi connectivity index (χ2n) is 10.5. The van der Waals surface area contributed by atoms with Crippen molar-refractivity contribution in [1.82, 2.24) is 0 Å². The van der Waals surface area contributed by atoms with E-state index in [1.807, 2.05) is 40.9 Å². The Kier molecular flexibility index (Phi) is 15.2. The van der Waals surface area contributed by atoms with Crippen LogP contribution in [0.4, 0.5) is 11.4 Å². The predicted octanol–water partition coefficient (Wildman–Crippen LogP) is 12.6. The third-order valence-electron chi connectivity index (χ3n) is 6.80. The number of hydrogen-bond donors (Lipinski definition) is 1. The summed E-state index contributed by atoms with van der Waals surface area (Å²) in [4.78, 5) is 15.4. The Morgan fingerprint density at radius 2 is 1.07 bits per heavy atom. The molecule has 0 amide bonds. The molecule has 1 fully saturated rings. The summed E-state index contributed by atoms with van der Waals surface area (Å²) in [5, 5.41) is 0. The average Bonchev–Trinajstić information content (AvgIpc) is 3.87. The lowest BCUT2D eigenvalue weighted by Crippen LogP contribution is -2.02. The lowest BCUT2D eigenvalue weighted by molar-refractivity contribution is 0.198. The van der Waals surface area contributed by atoms with Crippen LogP contribution in [0.2, 0.25) is 0 Å². The zero-order valence-electron chi connectivity index (χ0n) is 26.4. The largest absolute Gasteiger partial charge is 0.398 e. The maximum absolute atomic E-state index is 5.90. The fraction of sp³-hybridized carbons (Fsp3) is 0.216. The summed E-state index contributed by atoms with van der Waals surface area (Å²) in [5.41, 5.74) is 11.1. The minimum atomic E-state index is 0. The van der Waals surface area contributed by atoms with Crippen LogP contribution < -0.4 is 5.73 Å². The van der Waals surface area contributed by atoms with Gasteiger partial charge in [0.25, 0.3) is 0 Å². The van der Waals surface area contributed by atoms with E-state index < -0.39 is 0 Å². The second-order valence-corrected chi connectivity index (χ2v) is 15.6. The Morgan fingerprint density at radius 3 is 1.48 bits per heavy atom. The van der Waals surface area contributed by atoms with Crippen LogP contribution in [0.25, 0.3) is 19.5 Å². The van der Waals surface area contributed by atoms with Gasteiger partial charge in [0.15, 0.2) is 0 Å². The normalized spacial score (nSPS) is 11.7. The van der Waals surface area contributed by atoms with Crippen molar-refractivity contribution in [2.24, 2.45) is 4.99 Å². The van der Waals surface area contributed by atoms with Gasteiger partial charge in [-0.1, -0.05) is 60.7 Å². The zero-order chi connectivity index (χ0) is 30.9. The summed E-state index contributed by atoms with van der Waals surface area (Å²) < 4.78 is 4.94. The number of halogens is 2. The SMILES string of the molecule is C1CCOC1.Cc1ccc(-c2sc(C)cc2N)s1.Cc1ccc(-c2sc(C)cc2N=C(c2ccccc2)c2ccccc2)s1.Cl.Cl. The van der Waals surface area contributed by atoms with Crippen molar-refractivity contribution in [3.63, 3.8) is 0 Å². The van der Waals surface area contributed by atoms with Crippen molar-refractivity contribution in [2.75, 3.05) is 18.9 Å². The molecule has 1 saturated heterocycles. The van der Waals surface area contributed by atoms with Crippen molar-refractivity contribution in [2.45, 2.75) is 40.5 Å². The van der Waals surface area contributed by atoms with Gasteiger partial charge in [-0.15, -0.1) is 70.2 Å². The molecule has 0 spiro atoms. The van der Waals surface area contributed by atoms with Crippen LogP contribution in [0.1, 0.15) is 43.5 Å². The van der Waals surface area contributed by atoms with Crippen LogP contribution in [-0.4, -0.2) is 18.9 Å². The van der Waals surface area contributed by atoms with Gasteiger partial charge in [-0.25, -0.2) is 4.99 Å². The zero-order valence-corrected chi connectivity index (χ0v) is 31.3. The van der Waals surface area contributed by atoms with Gasteiger partial charge in [0, 0.05) is 53.6 Å². The third-order valence-corrected chi connectivity index (χ3v) is 11.3. The van der Waals surface area contributed by atoms with Crippen LogP contribution in [0.15, 0.2) is 102 Å². The highest BCUT2D eigenvalue weighted by Gasteiger charge is 2.14. The monoisotopic (exact) mass is 726 g/mol. The minimum absolute atomic E-state index is 0. The molecule has 0 unspecified atom stereocenters. The number of ether oxygens (including phenoxy) is 1. The molecule has 0 atom stereocenters. The smallest absolute Gasteiger partial charge is 0.0834 e. The molecule has 2 aromatic carbocycles. The van der Waals surface area contributed by atoms with E-state index in [-0.39, 0.29) is 24.8 Å². The summed E-state index contributed by atoms with van der Waals surface area (Å²) in [6.45, 7) is 10.5. The van der Waals surface area contributed by atoms with Crippen LogP contribution >= 0.6 is 70.2 Å². The van der Waals surface area contributed by atoms with Gasteiger partial charge >= 0.3 is 0 Å². The quantitative estimate of drug-likeness (QED) is 0.180. The van der Waals surface area contributed by atoms with E-state index in [2.05, 4.69) is 107 Å². The molecule has 6 aromatic rings. The Balaban J connectivity index is 0.000000240. The summed E-state index contributed by atoms with van der Waals surface area (Å²) >= 11 is 7.21. The molecular formula is C37H40Cl2N2OS4. The third kappa shape index (κ3) is 10.4. The first-order valence-corrected chi connectivity index (χ1v) is 18.0. The Bertz CT molecular complexity index is 1750. The van der Waals surface area contributed by atoms with E-state index in [1.54, 1.807) is 22.7 Å². The Hall–Kier alpha value is -2.75. The molecule has 242 valence electrons. The molecule has 9 heteroatoms. The molecule has 46 heavy (non-hydrogen) atoms. The first-order valence-electron chi connectivity index (χ1n) is 14.7. The van der Waals surface area contributed by atoms with Gasteiger partial charge in [0.2, 0.25) is 0 Å². The number of nitrogens with zero attached hydrogens (tertiary/aromatic N) is 1. The molecule has 0 saturated carbocycles. The van der Waals surface area contributed by atoms with Gasteiger partial charge in [-0.3, -0.25) is 0 Å². The fourth-order valence-corrected chi connectivity index (χ4v) is 8.59. The molecule has 5 heterocycles. The summed E-state index contributed by atoms with van der Waals surface area (Å²) in [5.74, 6) is 0. The van der Waals surface area contributed by atoms with Crippen molar-refractivity contribution in [3.05, 3.63) is 128 Å². The molecule has 4 aromatic heterocycles. The van der Waals surface area contributed by atoms with Crippen molar-refractivity contribution >= 4 is 87.2 Å². The van der Waals surface area contributed by atoms with Gasteiger partial charge in [-0.2, -0.15) is 0 Å². The fourth-order valence-electron chi connectivity index (χ4n) is 4.72. The standard InChI is InChI=1S/C23H19NS2.C10H11NS2.C4H8O.2ClH/c1-16-13-14-21(25-16)23-20(15-17(2)26-23)24-22(18-9-5-3-6-10-18)19-11-7-4-8-12-19;1-6-3-4-9(12-6)10-8(11)5-7(2)13-10;1-2-4-5-3-1;;/h3-15H,1-2H3;3-5H,11H2,1-2H3;1-4H2;2*1H. The molecule has 0 radical (unpaired) electrons. The molecule has 0 aliphatic carbocycles.